The molecule has 0 aliphatic heterocycles. The van der Waals surface area contributed by atoms with Gasteiger partial charge in [-0.05, 0) is 24.6 Å². The van der Waals surface area contributed by atoms with Crippen molar-refractivity contribution in [3.8, 4) is 22.4 Å². The third kappa shape index (κ3) is 1.97. The van der Waals surface area contributed by atoms with E-state index in [9.17, 15) is 0 Å². The number of aromatic amines is 1. The van der Waals surface area contributed by atoms with E-state index < -0.39 is 0 Å². The smallest absolute Gasteiger partial charge is 0.153 e. The number of anilines is 1. The number of nitrogens with one attached hydrogen (secondary N) is 1. The number of aromatic nitrogens is 3. The zero-order valence-corrected chi connectivity index (χ0v) is 10.6. The van der Waals surface area contributed by atoms with Crippen molar-refractivity contribution in [3.05, 3.63) is 54.4 Å². The van der Waals surface area contributed by atoms with E-state index >= 15 is 0 Å². The summed E-state index contributed by atoms with van der Waals surface area (Å²) in [6, 6.07) is 13.9. The summed E-state index contributed by atoms with van der Waals surface area (Å²) in [5.41, 5.74) is 10.9. The van der Waals surface area contributed by atoms with Crippen LogP contribution in [0.1, 0.15) is 5.69 Å². The summed E-state index contributed by atoms with van der Waals surface area (Å²) in [5.74, 6) is 0.504. The summed E-state index contributed by atoms with van der Waals surface area (Å²) >= 11 is 0. The highest BCUT2D eigenvalue weighted by atomic mass is 15.2. The number of H-pyrrole nitrogens is 1. The third-order valence-electron chi connectivity index (χ3n) is 3.13. The number of rotatable bonds is 2. The second-order valence-electron chi connectivity index (χ2n) is 4.36. The maximum absolute atomic E-state index is 6.00. The zero-order chi connectivity index (χ0) is 13.2. The Labute approximate surface area is 111 Å². The Kier molecular flexibility index (Phi) is 2.76. The van der Waals surface area contributed by atoms with E-state index in [1.54, 1.807) is 6.20 Å². The van der Waals surface area contributed by atoms with Gasteiger partial charge in [-0.25, -0.2) is 0 Å². The van der Waals surface area contributed by atoms with Crippen LogP contribution in [0.15, 0.2) is 48.7 Å². The Hall–Kier alpha value is -2.62. The molecule has 0 unspecified atom stereocenters. The van der Waals surface area contributed by atoms with Gasteiger partial charge in [-0.2, -0.15) is 5.10 Å². The fourth-order valence-corrected chi connectivity index (χ4v) is 2.20. The first kappa shape index (κ1) is 11.5. The van der Waals surface area contributed by atoms with Gasteiger partial charge in [-0.15, -0.1) is 0 Å². The molecule has 0 bridgehead atoms. The summed E-state index contributed by atoms with van der Waals surface area (Å²) < 4.78 is 0. The van der Waals surface area contributed by atoms with Crippen molar-refractivity contribution in [1.82, 2.24) is 15.2 Å². The summed E-state index contributed by atoms with van der Waals surface area (Å²) in [4.78, 5) is 4.31. The third-order valence-corrected chi connectivity index (χ3v) is 3.13. The molecule has 3 rings (SSSR count). The number of hydrogen-bond donors (Lipinski definition) is 2. The molecule has 2 heterocycles. The van der Waals surface area contributed by atoms with E-state index in [1.807, 2.05) is 49.4 Å². The Morgan fingerprint density at radius 3 is 2.58 bits per heavy atom. The van der Waals surface area contributed by atoms with Crippen molar-refractivity contribution in [1.29, 1.82) is 0 Å². The molecule has 94 valence electrons. The molecule has 0 saturated heterocycles. The minimum atomic E-state index is 0.504. The van der Waals surface area contributed by atoms with Crippen molar-refractivity contribution >= 4 is 5.82 Å². The Bertz CT molecular complexity index is 701. The molecule has 4 heteroatoms. The molecule has 2 aromatic heterocycles. The fraction of sp³-hybridized carbons (Fsp3) is 0.0667. The average molecular weight is 250 g/mol. The summed E-state index contributed by atoms with van der Waals surface area (Å²) in [7, 11) is 0. The monoisotopic (exact) mass is 250 g/mol. The van der Waals surface area contributed by atoms with E-state index in [0.717, 1.165) is 28.1 Å². The van der Waals surface area contributed by atoms with Gasteiger partial charge in [0, 0.05) is 17.5 Å². The van der Waals surface area contributed by atoms with Crippen LogP contribution < -0.4 is 5.73 Å². The van der Waals surface area contributed by atoms with Gasteiger partial charge in [-0.1, -0.05) is 30.3 Å². The maximum Gasteiger partial charge on any atom is 0.153 e. The van der Waals surface area contributed by atoms with Crippen LogP contribution in [-0.2, 0) is 0 Å². The molecule has 19 heavy (non-hydrogen) atoms. The molecule has 1 aromatic carbocycles. The predicted molar refractivity (Wildman–Crippen MR) is 76.4 cm³/mol. The minimum Gasteiger partial charge on any atom is -0.382 e. The Morgan fingerprint density at radius 2 is 1.84 bits per heavy atom. The largest absolute Gasteiger partial charge is 0.382 e. The van der Waals surface area contributed by atoms with E-state index in [2.05, 4.69) is 15.2 Å². The molecule has 0 atom stereocenters. The topological polar surface area (TPSA) is 67.6 Å². The Balaban J connectivity index is 2.23. The van der Waals surface area contributed by atoms with Crippen LogP contribution in [0, 0.1) is 6.92 Å². The number of nitrogens with zero attached hydrogens (tertiary/aromatic N) is 2. The van der Waals surface area contributed by atoms with E-state index in [-0.39, 0.29) is 0 Å². The van der Waals surface area contributed by atoms with Crippen LogP contribution in [0.4, 0.5) is 5.82 Å². The van der Waals surface area contributed by atoms with Gasteiger partial charge in [0.15, 0.2) is 5.82 Å². The van der Waals surface area contributed by atoms with E-state index in [1.165, 1.54) is 0 Å². The van der Waals surface area contributed by atoms with Crippen LogP contribution in [-0.4, -0.2) is 15.2 Å². The van der Waals surface area contributed by atoms with Crippen molar-refractivity contribution < 1.29 is 0 Å². The molecule has 0 saturated carbocycles. The standard InChI is InChI=1S/C15H14N4/c1-10-12(8-5-9-17-10)14-13(15(16)19-18-14)11-6-3-2-4-7-11/h2-9H,1H3,(H3,16,18,19). The lowest BCUT2D eigenvalue weighted by molar-refractivity contribution is 1.09. The van der Waals surface area contributed by atoms with Gasteiger partial charge in [-0.3, -0.25) is 10.1 Å². The molecular weight excluding hydrogens is 236 g/mol. The first-order valence-electron chi connectivity index (χ1n) is 6.08. The Morgan fingerprint density at radius 1 is 1.05 bits per heavy atom. The van der Waals surface area contributed by atoms with Gasteiger partial charge < -0.3 is 5.73 Å². The second-order valence-corrected chi connectivity index (χ2v) is 4.36. The number of nitrogens with two attached hydrogens (primary N) is 1. The lowest BCUT2D eigenvalue weighted by Gasteiger charge is -2.06. The molecule has 0 fully saturated rings. The molecule has 0 aliphatic carbocycles. The summed E-state index contributed by atoms with van der Waals surface area (Å²) in [5, 5.41) is 7.15. The van der Waals surface area contributed by atoms with E-state index in [4.69, 9.17) is 5.73 Å². The normalized spacial score (nSPS) is 10.6. The number of pyridine rings is 1. The van der Waals surface area contributed by atoms with Gasteiger partial charge in [0.25, 0.3) is 0 Å². The van der Waals surface area contributed by atoms with Crippen LogP contribution in [0.3, 0.4) is 0 Å². The minimum absolute atomic E-state index is 0.504. The van der Waals surface area contributed by atoms with Crippen molar-refractivity contribution in [2.45, 2.75) is 6.92 Å². The van der Waals surface area contributed by atoms with Crippen LogP contribution in [0.5, 0.6) is 0 Å². The van der Waals surface area contributed by atoms with Crippen LogP contribution >= 0.6 is 0 Å². The summed E-state index contributed by atoms with van der Waals surface area (Å²) in [6.07, 6.45) is 1.78. The fourth-order valence-electron chi connectivity index (χ4n) is 2.20. The van der Waals surface area contributed by atoms with Gasteiger partial charge >= 0.3 is 0 Å². The maximum atomic E-state index is 6.00. The first-order chi connectivity index (χ1) is 9.27. The molecule has 3 aromatic rings. The predicted octanol–water partition coefficient (Wildman–Crippen LogP) is 3.03. The number of aryl methyl sites for hydroxylation is 1. The SMILES string of the molecule is Cc1ncccc1-c1[nH]nc(N)c1-c1ccccc1. The molecular formula is C15H14N4. The first-order valence-corrected chi connectivity index (χ1v) is 6.08. The van der Waals surface area contributed by atoms with Crippen molar-refractivity contribution in [3.63, 3.8) is 0 Å². The number of benzene rings is 1. The van der Waals surface area contributed by atoms with Gasteiger partial charge in [0.1, 0.15) is 0 Å². The summed E-state index contributed by atoms with van der Waals surface area (Å²) in [6.45, 7) is 1.97. The molecule has 0 aliphatic rings. The molecule has 0 radical (unpaired) electrons. The van der Waals surface area contributed by atoms with Crippen LogP contribution in [0.25, 0.3) is 22.4 Å². The number of hydrogen-bond acceptors (Lipinski definition) is 3. The molecule has 0 amide bonds. The molecule has 0 spiro atoms. The number of nitrogen functional groups attached to an aromatic ring is 1. The van der Waals surface area contributed by atoms with Crippen molar-refractivity contribution in [2.75, 3.05) is 5.73 Å². The average Bonchev–Trinajstić information content (AvgIpc) is 2.82. The highest BCUT2D eigenvalue weighted by molar-refractivity contribution is 5.88. The lowest BCUT2D eigenvalue weighted by Crippen LogP contribution is -1.91. The highest BCUT2D eigenvalue weighted by Crippen LogP contribution is 2.35. The van der Waals surface area contributed by atoms with Crippen LogP contribution in [0.2, 0.25) is 0 Å². The van der Waals surface area contributed by atoms with Gasteiger partial charge in [0.05, 0.1) is 11.3 Å². The van der Waals surface area contributed by atoms with Crippen molar-refractivity contribution in [2.24, 2.45) is 0 Å². The van der Waals surface area contributed by atoms with E-state index in [0.29, 0.717) is 5.82 Å². The lowest BCUT2D eigenvalue weighted by atomic mass is 10.0. The highest BCUT2D eigenvalue weighted by Gasteiger charge is 2.15. The van der Waals surface area contributed by atoms with Gasteiger partial charge in [0.2, 0.25) is 0 Å². The second kappa shape index (κ2) is 4.57. The quantitative estimate of drug-likeness (QED) is 0.734. The molecule has 3 N–H and O–H groups in total. The molecule has 4 nitrogen and oxygen atoms in total. The zero-order valence-electron chi connectivity index (χ0n) is 10.6.